The van der Waals surface area contributed by atoms with Gasteiger partial charge in [0.25, 0.3) is 0 Å². The van der Waals surface area contributed by atoms with E-state index < -0.39 is 5.67 Å². The summed E-state index contributed by atoms with van der Waals surface area (Å²) >= 11 is 0. The molecule has 1 saturated carbocycles. The molecule has 2 unspecified atom stereocenters. The third kappa shape index (κ3) is 2.46. The van der Waals surface area contributed by atoms with Crippen LogP contribution in [-0.2, 0) is 0 Å². The maximum Gasteiger partial charge on any atom is 0.108 e. The van der Waals surface area contributed by atoms with Crippen LogP contribution in [0, 0.1) is 11.3 Å². The first-order chi connectivity index (χ1) is 5.31. The van der Waals surface area contributed by atoms with Crippen molar-refractivity contribution < 1.29 is 4.39 Å². The smallest absolute Gasteiger partial charge is 0.108 e. The maximum absolute atomic E-state index is 13.7. The number of halogens is 1. The van der Waals surface area contributed by atoms with E-state index in [1.807, 2.05) is 0 Å². The summed E-state index contributed by atoms with van der Waals surface area (Å²) in [5.74, 6) is 0.571. The van der Waals surface area contributed by atoms with E-state index in [0.29, 0.717) is 5.92 Å². The lowest BCUT2D eigenvalue weighted by atomic mass is 9.68. The lowest BCUT2D eigenvalue weighted by Crippen LogP contribution is -2.33. The summed E-state index contributed by atoms with van der Waals surface area (Å²) in [5.41, 5.74) is -0.607. The highest BCUT2D eigenvalue weighted by Gasteiger charge is 2.36. The molecule has 0 bridgehead atoms. The summed E-state index contributed by atoms with van der Waals surface area (Å²) in [7, 11) is 0. The first kappa shape index (κ1) is 10.0. The van der Waals surface area contributed by atoms with Crippen LogP contribution in [0.15, 0.2) is 0 Å². The van der Waals surface area contributed by atoms with E-state index in [9.17, 15) is 4.39 Å². The van der Waals surface area contributed by atoms with Gasteiger partial charge in [0.15, 0.2) is 0 Å². The Labute approximate surface area is 75.5 Å². The van der Waals surface area contributed by atoms with Crippen molar-refractivity contribution in [2.45, 2.75) is 59.0 Å². The molecule has 0 amide bonds. The quantitative estimate of drug-likeness (QED) is 0.519. The Morgan fingerprint density at radius 1 is 1.33 bits per heavy atom. The minimum Gasteiger partial charge on any atom is -0.244 e. The average Bonchev–Trinajstić information content (AvgIpc) is 1.83. The third-order valence-corrected chi connectivity index (χ3v) is 3.15. The summed E-state index contributed by atoms with van der Waals surface area (Å²) in [6, 6.07) is 0. The number of alkyl halides is 1. The van der Waals surface area contributed by atoms with Crippen LogP contribution in [0.25, 0.3) is 0 Å². The summed E-state index contributed by atoms with van der Waals surface area (Å²) < 4.78 is 13.7. The molecule has 0 aromatic rings. The molecule has 0 aromatic heterocycles. The zero-order valence-corrected chi connectivity index (χ0v) is 8.78. The van der Waals surface area contributed by atoms with Crippen molar-refractivity contribution in [2.75, 3.05) is 0 Å². The molecule has 0 aliphatic heterocycles. The van der Waals surface area contributed by atoms with Crippen LogP contribution in [0.1, 0.15) is 53.4 Å². The van der Waals surface area contributed by atoms with Gasteiger partial charge in [0.05, 0.1) is 0 Å². The van der Waals surface area contributed by atoms with Gasteiger partial charge < -0.3 is 0 Å². The Kier molecular flexibility index (Phi) is 2.51. The van der Waals surface area contributed by atoms with Crippen molar-refractivity contribution >= 4 is 0 Å². The van der Waals surface area contributed by atoms with Crippen LogP contribution in [0.5, 0.6) is 0 Å². The maximum atomic E-state index is 13.7. The van der Waals surface area contributed by atoms with Crippen molar-refractivity contribution in [1.82, 2.24) is 0 Å². The molecule has 1 heteroatoms. The van der Waals surface area contributed by atoms with Gasteiger partial charge in [-0.05, 0) is 43.9 Å². The van der Waals surface area contributed by atoms with E-state index in [1.54, 1.807) is 6.92 Å². The van der Waals surface area contributed by atoms with Gasteiger partial charge in [-0.3, -0.25) is 0 Å². The van der Waals surface area contributed by atoms with Crippen LogP contribution in [0.2, 0.25) is 0 Å². The molecule has 1 fully saturated rings. The molecule has 2 atom stereocenters. The molecule has 1 aliphatic rings. The Hall–Kier alpha value is -0.0700. The molecule has 0 spiro atoms. The van der Waals surface area contributed by atoms with Crippen molar-refractivity contribution in [3.05, 3.63) is 0 Å². The predicted octanol–water partition coefficient (Wildman–Crippen LogP) is 3.95. The molecule has 0 saturated heterocycles. The van der Waals surface area contributed by atoms with Gasteiger partial charge in [-0.1, -0.05) is 20.8 Å². The van der Waals surface area contributed by atoms with Crippen LogP contribution in [0.4, 0.5) is 4.39 Å². The molecule has 12 heavy (non-hydrogen) atoms. The molecule has 0 radical (unpaired) electrons. The van der Waals surface area contributed by atoms with Crippen molar-refractivity contribution in [3.63, 3.8) is 0 Å². The zero-order valence-electron chi connectivity index (χ0n) is 8.78. The van der Waals surface area contributed by atoms with E-state index in [-0.39, 0.29) is 5.41 Å². The van der Waals surface area contributed by atoms with E-state index in [0.717, 1.165) is 19.3 Å². The van der Waals surface area contributed by atoms with Gasteiger partial charge in [0, 0.05) is 0 Å². The third-order valence-electron chi connectivity index (χ3n) is 3.15. The Bertz CT molecular complexity index is 150. The second-order valence-electron chi connectivity index (χ2n) is 5.57. The average molecular weight is 172 g/mol. The van der Waals surface area contributed by atoms with Crippen LogP contribution in [-0.4, -0.2) is 5.67 Å². The normalized spacial score (nSPS) is 38.2. The van der Waals surface area contributed by atoms with Crippen molar-refractivity contribution in [1.29, 1.82) is 0 Å². The van der Waals surface area contributed by atoms with Gasteiger partial charge in [0.1, 0.15) is 5.67 Å². The van der Waals surface area contributed by atoms with E-state index in [4.69, 9.17) is 0 Å². The standard InChI is InChI=1S/C11H21F/c1-10(2,3)9-6-5-7-11(4,12)8-9/h9H,5-8H2,1-4H3. The van der Waals surface area contributed by atoms with Crippen molar-refractivity contribution in [2.24, 2.45) is 11.3 Å². The van der Waals surface area contributed by atoms with Crippen LogP contribution in [0.3, 0.4) is 0 Å². The molecule has 0 nitrogen and oxygen atoms in total. The fraction of sp³-hybridized carbons (Fsp3) is 1.00. The highest BCUT2D eigenvalue weighted by molar-refractivity contribution is 4.87. The summed E-state index contributed by atoms with van der Waals surface area (Å²) in [6.07, 6.45) is 3.80. The first-order valence-electron chi connectivity index (χ1n) is 5.00. The van der Waals surface area contributed by atoms with Crippen LogP contribution >= 0.6 is 0 Å². The molecule has 1 aliphatic carbocycles. The van der Waals surface area contributed by atoms with Gasteiger partial charge >= 0.3 is 0 Å². The fourth-order valence-electron chi connectivity index (χ4n) is 2.17. The van der Waals surface area contributed by atoms with E-state index >= 15 is 0 Å². The number of rotatable bonds is 0. The second-order valence-corrected chi connectivity index (χ2v) is 5.57. The molecule has 0 aromatic carbocycles. The minimum absolute atomic E-state index is 0.285. The monoisotopic (exact) mass is 172 g/mol. The molecular weight excluding hydrogens is 151 g/mol. The predicted molar refractivity (Wildman–Crippen MR) is 50.9 cm³/mol. The Balaban J connectivity index is 2.58. The highest BCUT2D eigenvalue weighted by atomic mass is 19.1. The molecule has 0 N–H and O–H groups in total. The highest BCUT2D eigenvalue weighted by Crippen LogP contribution is 2.43. The summed E-state index contributed by atoms with van der Waals surface area (Å²) in [6.45, 7) is 8.42. The lowest BCUT2D eigenvalue weighted by Gasteiger charge is -2.39. The topological polar surface area (TPSA) is 0 Å². The van der Waals surface area contributed by atoms with Gasteiger partial charge in [-0.25, -0.2) is 4.39 Å². The minimum atomic E-state index is -0.893. The zero-order chi connectivity index (χ0) is 9.41. The Morgan fingerprint density at radius 2 is 1.92 bits per heavy atom. The number of hydrogen-bond acceptors (Lipinski definition) is 0. The lowest BCUT2D eigenvalue weighted by molar-refractivity contribution is 0.0477. The molecular formula is C11H21F. The summed E-state index contributed by atoms with van der Waals surface area (Å²) in [4.78, 5) is 0. The Morgan fingerprint density at radius 3 is 2.25 bits per heavy atom. The molecule has 72 valence electrons. The van der Waals surface area contributed by atoms with Crippen LogP contribution < -0.4 is 0 Å². The van der Waals surface area contributed by atoms with E-state index in [2.05, 4.69) is 20.8 Å². The van der Waals surface area contributed by atoms with E-state index in [1.165, 1.54) is 6.42 Å². The van der Waals surface area contributed by atoms with Crippen molar-refractivity contribution in [3.8, 4) is 0 Å². The first-order valence-corrected chi connectivity index (χ1v) is 5.00. The molecule has 0 heterocycles. The van der Waals surface area contributed by atoms with Gasteiger partial charge in [0.2, 0.25) is 0 Å². The second kappa shape index (κ2) is 3.01. The number of hydrogen-bond donors (Lipinski definition) is 0. The largest absolute Gasteiger partial charge is 0.244 e. The SMILES string of the molecule is CC1(F)CCCC(C(C)(C)C)C1. The summed E-state index contributed by atoms with van der Waals surface area (Å²) in [5, 5.41) is 0. The van der Waals surface area contributed by atoms with Gasteiger partial charge in [-0.15, -0.1) is 0 Å². The molecule has 1 rings (SSSR count). The fourth-order valence-corrected chi connectivity index (χ4v) is 2.17. The van der Waals surface area contributed by atoms with Gasteiger partial charge in [-0.2, -0.15) is 0 Å².